The van der Waals surface area contributed by atoms with Crippen LogP contribution in [0.1, 0.15) is 33.6 Å². The van der Waals surface area contributed by atoms with Gasteiger partial charge in [0.1, 0.15) is 0 Å². The number of hydrogen-bond acceptors (Lipinski definition) is 2. The first-order valence-electron chi connectivity index (χ1n) is 5.36. The van der Waals surface area contributed by atoms with Crippen molar-refractivity contribution in [3.05, 3.63) is 0 Å². The summed E-state index contributed by atoms with van der Waals surface area (Å²) in [6.07, 6.45) is 1.07. The maximum Gasteiger partial charge on any atom is 0.317 e. The third kappa shape index (κ3) is 5.07. The first kappa shape index (κ1) is 13.2. The van der Waals surface area contributed by atoms with Gasteiger partial charge in [-0.2, -0.15) is 0 Å². The summed E-state index contributed by atoms with van der Waals surface area (Å²) in [5.41, 5.74) is 0. The molecule has 0 aromatic heterocycles. The standard InChI is InChI=1S/C10H22N2O2/c1-4-9(13)7-8-11-10(14)12(5-2)6-3/h9,13H,4-8H2,1-3H3,(H,11,14). The van der Waals surface area contributed by atoms with Crippen LogP contribution >= 0.6 is 0 Å². The summed E-state index contributed by atoms with van der Waals surface area (Å²) in [4.78, 5) is 13.1. The number of amides is 2. The smallest absolute Gasteiger partial charge is 0.317 e. The van der Waals surface area contributed by atoms with E-state index in [4.69, 9.17) is 0 Å². The minimum absolute atomic E-state index is 0.0432. The SMILES string of the molecule is CCC(O)CCNC(=O)N(CC)CC. The first-order chi connectivity index (χ1) is 6.65. The normalized spacial score (nSPS) is 12.3. The summed E-state index contributed by atoms with van der Waals surface area (Å²) < 4.78 is 0. The molecule has 0 aliphatic heterocycles. The fourth-order valence-corrected chi connectivity index (χ4v) is 1.17. The molecule has 0 aromatic carbocycles. The van der Waals surface area contributed by atoms with Gasteiger partial charge in [-0.25, -0.2) is 4.79 Å². The molecule has 1 unspecified atom stereocenters. The summed E-state index contributed by atoms with van der Waals surface area (Å²) in [6.45, 7) is 7.81. The van der Waals surface area contributed by atoms with Crippen LogP contribution in [0.2, 0.25) is 0 Å². The van der Waals surface area contributed by atoms with Crippen LogP contribution in [0, 0.1) is 0 Å². The van der Waals surface area contributed by atoms with Gasteiger partial charge in [0.25, 0.3) is 0 Å². The Labute approximate surface area is 86.3 Å². The Morgan fingerprint density at radius 3 is 2.36 bits per heavy atom. The third-order valence-corrected chi connectivity index (χ3v) is 2.28. The van der Waals surface area contributed by atoms with Crippen molar-refractivity contribution in [1.82, 2.24) is 10.2 Å². The fraction of sp³-hybridized carbons (Fsp3) is 0.900. The van der Waals surface area contributed by atoms with E-state index in [0.717, 1.165) is 19.5 Å². The van der Waals surface area contributed by atoms with E-state index in [9.17, 15) is 9.90 Å². The maximum absolute atomic E-state index is 11.4. The van der Waals surface area contributed by atoms with Gasteiger partial charge in [-0.1, -0.05) is 6.92 Å². The molecular formula is C10H22N2O2. The lowest BCUT2D eigenvalue weighted by atomic mass is 10.2. The maximum atomic E-state index is 11.4. The van der Waals surface area contributed by atoms with Gasteiger partial charge < -0.3 is 15.3 Å². The van der Waals surface area contributed by atoms with Crippen molar-refractivity contribution < 1.29 is 9.90 Å². The quantitative estimate of drug-likeness (QED) is 0.680. The van der Waals surface area contributed by atoms with Gasteiger partial charge in [0.05, 0.1) is 6.10 Å². The second-order valence-corrected chi connectivity index (χ2v) is 3.25. The van der Waals surface area contributed by atoms with Crippen molar-refractivity contribution >= 4 is 6.03 Å². The summed E-state index contributed by atoms with van der Waals surface area (Å²) in [7, 11) is 0. The number of hydrogen-bond donors (Lipinski definition) is 2. The van der Waals surface area contributed by atoms with Gasteiger partial charge in [0.2, 0.25) is 0 Å². The largest absolute Gasteiger partial charge is 0.393 e. The van der Waals surface area contributed by atoms with E-state index in [-0.39, 0.29) is 12.1 Å². The lowest BCUT2D eigenvalue weighted by Gasteiger charge is -2.19. The monoisotopic (exact) mass is 202 g/mol. The molecule has 0 spiro atoms. The molecule has 0 fully saturated rings. The van der Waals surface area contributed by atoms with Crippen LogP contribution in [-0.4, -0.2) is 41.8 Å². The predicted octanol–water partition coefficient (Wildman–Crippen LogP) is 1.20. The van der Waals surface area contributed by atoms with Crippen molar-refractivity contribution in [1.29, 1.82) is 0 Å². The summed E-state index contributed by atoms with van der Waals surface area (Å²) in [5.74, 6) is 0. The van der Waals surface area contributed by atoms with E-state index in [1.807, 2.05) is 20.8 Å². The number of aliphatic hydroxyl groups is 1. The molecule has 14 heavy (non-hydrogen) atoms. The zero-order chi connectivity index (χ0) is 11.0. The average molecular weight is 202 g/mol. The number of urea groups is 1. The fourth-order valence-electron chi connectivity index (χ4n) is 1.17. The van der Waals surface area contributed by atoms with E-state index >= 15 is 0 Å². The topological polar surface area (TPSA) is 52.6 Å². The van der Waals surface area contributed by atoms with Crippen molar-refractivity contribution in [3.8, 4) is 0 Å². The summed E-state index contributed by atoms with van der Waals surface area (Å²) in [6, 6.07) is -0.0432. The Bertz CT molecular complexity index is 158. The minimum atomic E-state index is -0.299. The van der Waals surface area contributed by atoms with Crippen LogP contribution in [0.25, 0.3) is 0 Å². The predicted molar refractivity (Wildman–Crippen MR) is 57.2 cm³/mol. The second kappa shape index (κ2) is 7.62. The molecule has 0 radical (unpaired) electrons. The highest BCUT2D eigenvalue weighted by molar-refractivity contribution is 5.73. The number of carbonyl (C=O) groups is 1. The average Bonchev–Trinajstić information content (AvgIpc) is 2.19. The Morgan fingerprint density at radius 1 is 1.36 bits per heavy atom. The number of carbonyl (C=O) groups excluding carboxylic acids is 1. The molecule has 2 amide bonds. The Morgan fingerprint density at radius 2 is 1.93 bits per heavy atom. The van der Waals surface area contributed by atoms with Crippen molar-refractivity contribution in [2.75, 3.05) is 19.6 Å². The molecule has 0 heterocycles. The first-order valence-corrected chi connectivity index (χ1v) is 5.36. The molecule has 0 aliphatic rings. The number of aliphatic hydroxyl groups excluding tert-OH is 1. The van der Waals surface area contributed by atoms with Crippen LogP contribution in [0.15, 0.2) is 0 Å². The van der Waals surface area contributed by atoms with E-state index < -0.39 is 0 Å². The van der Waals surface area contributed by atoms with Crippen LogP contribution in [0.5, 0.6) is 0 Å². The lowest BCUT2D eigenvalue weighted by Crippen LogP contribution is -2.40. The van der Waals surface area contributed by atoms with Crippen molar-refractivity contribution in [3.63, 3.8) is 0 Å². The molecule has 0 aromatic rings. The van der Waals surface area contributed by atoms with E-state index in [2.05, 4.69) is 5.32 Å². The Kier molecular flexibility index (Phi) is 7.20. The van der Waals surface area contributed by atoms with Gasteiger partial charge in [0, 0.05) is 19.6 Å². The van der Waals surface area contributed by atoms with Crippen LogP contribution in [0.4, 0.5) is 4.79 Å². The molecule has 1 atom stereocenters. The van der Waals surface area contributed by atoms with Gasteiger partial charge in [-0.05, 0) is 26.7 Å². The third-order valence-electron chi connectivity index (χ3n) is 2.28. The van der Waals surface area contributed by atoms with Crippen molar-refractivity contribution in [2.45, 2.75) is 39.7 Å². The molecular weight excluding hydrogens is 180 g/mol. The van der Waals surface area contributed by atoms with Crippen LogP contribution in [-0.2, 0) is 0 Å². The van der Waals surface area contributed by atoms with E-state index in [0.29, 0.717) is 13.0 Å². The highest BCUT2D eigenvalue weighted by atomic mass is 16.3. The number of nitrogens with zero attached hydrogens (tertiary/aromatic N) is 1. The van der Waals surface area contributed by atoms with Crippen LogP contribution < -0.4 is 5.32 Å². The molecule has 0 saturated carbocycles. The molecule has 4 nitrogen and oxygen atoms in total. The van der Waals surface area contributed by atoms with Crippen LogP contribution in [0.3, 0.4) is 0 Å². The summed E-state index contributed by atoms with van der Waals surface area (Å²) >= 11 is 0. The van der Waals surface area contributed by atoms with Gasteiger partial charge in [-0.3, -0.25) is 0 Å². The minimum Gasteiger partial charge on any atom is -0.393 e. The van der Waals surface area contributed by atoms with Gasteiger partial charge in [0.15, 0.2) is 0 Å². The zero-order valence-electron chi connectivity index (χ0n) is 9.42. The highest BCUT2D eigenvalue weighted by Crippen LogP contribution is 1.95. The summed E-state index contributed by atoms with van der Waals surface area (Å²) in [5, 5.41) is 12.0. The molecule has 0 bridgehead atoms. The van der Waals surface area contributed by atoms with Gasteiger partial charge >= 0.3 is 6.03 Å². The Hall–Kier alpha value is -0.770. The molecule has 4 heteroatoms. The molecule has 0 rings (SSSR count). The lowest BCUT2D eigenvalue weighted by molar-refractivity contribution is 0.157. The highest BCUT2D eigenvalue weighted by Gasteiger charge is 2.08. The second-order valence-electron chi connectivity index (χ2n) is 3.25. The number of rotatable bonds is 6. The molecule has 0 saturated heterocycles. The van der Waals surface area contributed by atoms with Gasteiger partial charge in [-0.15, -0.1) is 0 Å². The molecule has 2 N–H and O–H groups in total. The number of nitrogens with one attached hydrogen (secondary N) is 1. The van der Waals surface area contributed by atoms with E-state index in [1.165, 1.54) is 0 Å². The molecule has 0 aliphatic carbocycles. The van der Waals surface area contributed by atoms with Crippen molar-refractivity contribution in [2.24, 2.45) is 0 Å². The van der Waals surface area contributed by atoms with E-state index in [1.54, 1.807) is 4.90 Å². The molecule has 84 valence electrons. The zero-order valence-corrected chi connectivity index (χ0v) is 9.42. The Balaban J connectivity index is 3.62.